The lowest BCUT2D eigenvalue weighted by molar-refractivity contribution is 0.541. The third kappa shape index (κ3) is 6.78. The predicted octanol–water partition coefficient (Wildman–Crippen LogP) is 6.24. The van der Waals surface area contributed by atoms with E-state index >= 15 is 0 Å². The van der Waals surface area contributed by atoms with Crippen LogP contribution in [0.25, 0.3) is 0 Å². The molecule has 1 atom stereocenters. The van der Waals surface area contributed by atoms with Gasteiger partial charge >= 0.3 is 0 Å². The standard InChI is InChI=1S/C16H25BrClN/c1-2-3-4-5-6-7-8-9-16(19)14-12-13(17)10-11-15(14)18/h10-12,16H,2-9,19H2,1H3. The van der Waals surface area contributed by atoms with Gasteiger partial charge in [0.15, 0.2) is 0 Å². The van der Waals surface area contributed by atoms with Crippen molar-refractivity contribution in [3.8, 4) is 0 Å². The van der Waals surface area contributed by atoms with E-state index in [1.807, 2.05) is 18.2 Å². The van der Waals surface area contributed by atoms with Crippen molar-refractivity contribution < 1.29 is 0 Å². The highest BCUT2D eigenvalue weighted by Crippen LogP contribution is 2.28. The molecule has 0 saturated carbocycles. The summed E-state index contributed by atoms with van der Waals surface area (Å²) in [5.74, 6) is 0. The molecular weight excluding hydrogens is 322 g/mol. The summed E-state index contributed by atoms with van der Waals surface area (Å²) in [6.45, 7) is 2.25. The maximum Gasteiger partial charge on any atom is 0.0454 e. The molecule has 1 rings (SSSR count). The van der Waals surface area contributed by atoms with Gasteiger partial charge in [-0.3, -0.25) is 0 Å². The van der Waals surface area contributed by atoms with Crippen LogP contribution in [0, 0.1) is 0 Å². The number of hydrogen-bond acceptors (Lipinski definition) is 1. The molecule has 1 aromatic rings. The molecule has 108 valence electrons. The average molecular weight is 347 g/mol. The Morgan fingerprint density at radius 2 is 1.74 bits per heavy atom. The molecule has 0 bridgehead atoms. The fraction of sp³-hybridized carbons (Fsp3) is 0.625. The van der Waals surface area contributed by atoms with Gasteiger partial charge < -0.3 is 5.73 Å². The molecular formula is C16H25BrClN. The highest BCUT2D eigenvalue weighted by molar-refractivity contribution is 9.10. The Bertz CT molecular complexity index is 368. The van der Waals surface area contributed by atoms with Crippen molar-refractivity contribution >= 4 is 27.5 Å². The van der Waals surface area contributed by atoms with Crippen LogP contribution in [0.5, 0.6) is 0 Å². The van der Waals surface area contributed by atoms with E-state index in [0.717, 1.165) is 21.5 Å². The Kier molecular flexibility index (Phi) is 8.76. The Morgan fingerprint density at radius 3 is 2.42 bits per heavy atom. The number of unbranched alkanes of at least 4 members (excludes halogenated alkanes) is 6. The number of hydrogen-bond donors (Lipinski definition) is 1. The van der Waals surface area contributed by atoms with E-state index in [1.165, 1.54) is 44.9 Å². The van der Waals surface area contributed by atoms with Gasteiger partial charge in [-0.15, -0.1) is 0 Å². The second-order valence-electron chi connectivity index (χ2n) is 5.18. The lowest BCUT2D eigenvalue weighted by Gasteiger charge is -2.14. The van der Waals surface area contributed by atoms with Crippen LogP contribution in [0.15, 0.2) is 22.7 Å². The van der Waals surface area contributed by atoms with Crippen molar-refractivity contribution in [2.24, 2.45) is 5.73 Å². The first-order valence-corrected chi connectivity index (χ1v) is 8.52. The van der Waals surface area contributed by atoms with Gasteiger partial charge in [0, 0.05) is 15.5 Å². The van der Waals surface area contributed by atoms with Crippen LogP contribution in [-0.2, 0) is 0 Å². The molecule has 0 radical (unpaired) electrons. The molecule has 1 unspecified atom stereocenters. The maximum atomic E-state index is 6.22. The van der Waals surface area contributed by atoms with Gasteiger partial charge in [-0.05, 0) is 30.2 Å². The lowest BCUT2D eigenvalue weighted by atomic mass is 10.0. The van der Waals surface area contributed by atoms with E-state index in [1.54, 1.807) is 0 Å². The first kappa shape index (κ1) is 17.0. The minimum absolute atomic E-state index is 0.0561. The van der Waals surface area contributed by atoms with Crippen LogP contribution in [-0.4, -0.2) is 0 Å². The van der Waals surface area contributed by atoms with Crippen LogP contribution in [0.1, 0.15) is 69.9 Å². The second-order valence-corrected chi connectivity index (χ2v) is 6.51. The zero-order chi connectivity index (χ0) is 14.1. The first-order chi connectivity index (χ1) is 9.15. The van der Waals surface area contributed by atoms with Crippen LogP contribution in [0.2, 0.25) is 5.02 Å². The largest absolute Gasteiger partial charge is 0.324 e. The van der Waals surface area contributed by atoms with Crippen molar-refractivity contribution in [3.05, 3.63) is 33.3 Å². The van der Waals surface area contributed by atoms with Crippen LogP contribution >= 0.6 is 27.5 Å². The zero-order valence-electron chi connectivity index (χ0n) is 11.8. The molecule has 0 saturated heterocycles. The van der Waals surface area contributed by atoms with Gasteiger partial charge in [-0.1, -0.05) is 79.4 Å². The summed E-state index contributed by atoms with van der Waals surface area (Å²) in [5, 5.41) is 0.777. The summed E-state index contributed by atoms with van der Waals surface area (Å²) in [6.07, 6.45) is 10.2. The highest BCUT2D eigenvalue weighted by atomic mass is 79.9. The molecule has 0 aromatic heterocycles. The minimum Gasteiger partial charge on any atom is -0.324 e. The second kappa shape index (κ2) is 9.79. The molecule has 1 aromatic carbocycles. The molecule has 19 heavy (non-hydrogen) atoms. The van der Waals surface area contributed by atoms with Crippen LogP contribution in [0.4, 0.5) is 0 Å². The van der Waals surface area contributed by atoms with E-state index in [9.17, 15) is 0 Å². The molecule has 3 heteroatoms. The van der Waals surface area contributed by atoms with Gasteiger partial charge in [0.1, 0.15) is 0 Å². The predicted molar refractivity (Wildman–Crippen MR) is 88.7 cm³/mol. The molecule has 2 N–H and O–H groups in total. The van der Waals surface area contributed by atoms with Crippen molar-refractivity contribution in [1.29, 1.82) is 0 Å². The van der Waals surface area contributed by atoms with E-state index in [0.29, 0.717) is 0 Å². The van der Waals surface area contributed by atoms with Gasteiger partial charge in [0.25, 0.3) is 0 Å². The molecule has 0 heterocycles. The molecule has 0 spiro atoms. The fourth-order valence-corrected chi connectivity index (χ4v) is 2.91. The molecule has 0 amide bonds. The summed E-state index contributed by atoms with van der Waals surface area (Å²) in [6, 6.07) is 5.95. The van der Waals surface area contributed by atoms with E-state index in [4.69, 9.17) is 17.3 Å². The summed E-state index contributed by atoms with van der Waals surface area (Å²) < 4.78 is 1.04. The topological polar surface area (TPSA) is 26.0 Å². The van der Waals surface area contributed by atoms with E-state index in [-0.39, 0.29) is 6.04 Å². The van der Waals surface area contributed by atoms with Crippen molar-refractivity contribution in [2.75, 3.05) is 0 Å². The summed E-state index contributed by atoms with van der Waals surface area (Å²) in [5.41, 5.74) is 7.28. The maximum absolute atomic E-state index is 6.22. The molecule has 0 aliphatic carbocycles. The van der Waals surface area contributed by atoms with Gasteiger partial charge in [0.05, 0.1) is 0 Å². The summed E-state index contributed by atoms with van der Waals surface area (Å²) in [4.78, 5) is 0. The Morgan fingerprint density at radius 1 is 1.11 bits per heavy atom. The highest BCUT2D eigenvalue weighted by Gasteiger charge is 2.10. The minimum atomic E-state index is 0.0561. The molecule has 0 fully saturated rings. The average Bonchev–Trinajstić information content (AvgIpc) is 2.40. The van der Waals surface area contributed by atoms with Gasteiger partial charge in [-0.2, -0.15) is 0 Å². The lowest BCUT2D eigenvalue weighted by Crippen LogP contribution is -2.10. The molecule has 1 nitrogen and oxygen atoms in total. The third-order valence-electron chi connectivity index (χ3n) is 3.48. The van der Waals surface area contributed by atoms with Gasteiger partial charge in [-0.25, -0.2) is 0 Å². The Hall–Kier alpha value is -0.0500. The smallest absolute Gasteiger partial charge is 0.0454 e. The third-order valence-corrected chi connectivity index (χ3v) is 4.31. The SMILES string of the molecule is CCCCCCCCCC(N)c1cc(Br)ccc1Cl. The fourth-order valence-electron chi connectivity index (χ4n) is 2.28. The van der Waals surface area contributed by atoms with E-state index in [2.05, 4.69) is 22.9 Å². The van der Waals surface area contributed by atoms with Crippen LogP contribution in [0.3, 0.4) is 0 Å². The van der Waals surface area contributed by atoms with Crippen LogP contribution < -0.4 is 5.73 Å². The summed E-state index contributed by atoms with van der Waals surface area (Å²) >= 11 is 9.66. The summed E-state index contributed by atoms with van der Waals surface area (Å²) in [7, 11) is 0. The van der Waals surface area contributed by atoms with Crippen molar-refractivity contribution in [1.82, 2.24) is 0 Å². The molecule has 0 aliphatic heterocycles. The monoisotopic (exact) mass is 345 g/mol. The normalized spacial score (nSPS) is 12.6. The Labute approximate surface area is 131 Å². The number of rotatable bonds is 9. The zero-order valence-corrected chi connectivity index (χ0v) is 14.1. The number of benzene rings is 1. The first-order valence-electron chi connectivity index (χ1n) is 7.35. The van der Waals surface area contributed by atoms with E-state index < -0.39 is 0 Å². The quantitative estimate of drug-likeness (QED) is 0.526. The van der Waals surface area contributed by atoms with Crippen molar-refractivity contribution in [2.45, 2.75) is 64.3 Å². The molecule has 0 aliphatic rings. The number of halogens is 2. The number of nitrogens with two attached hydrogens (primary N) is 1. The van der Waals surface area contributed by atoms with Gasteiger partial charge in [0.2, 0.25) is 0 Å². The Balaban J connectivity index is 2.23. The van der Waals surface area contributed by atoms with Crippen molar-refractivity contribution in [3.63, 3.8) is 0 Å².